The monoisotopic (exact) mass is 200 g/mol. The molecule has 1 rings (SSSR count). The van der Waals surface area contributed by atoms with Gasteiger partial charge in [0, 0.05) is 6.04 Å². The first-order valence-electron chi connectivity index (χ1n) is 4.36. The van der Waals surface area contributed by atoms with Gasteiger partial charge in [-0.3, -0.25) is 14.4 Å². The summed E-state index contributed by atoms with van der Waals surface area (Å²) in [6.45, 7) is -0.150. The molecule has 1 saturated carbocycles. The second-order valence-corrected chi connectivity index (χ2v) is 3.19. The fraction of sp³-hybridized carbons (Fsp3) is 0.625. The van der Waals surface area contributed by atoms with E-state index in [1.165, 1.54) is 0 Å². The molecule has 0 aromatic heterocycles. The van der Waals surface area contributed by atoms with Gasteiger partial charge in [0.2, 0.25) is 11.8 Å². The summed E-state index contributed by atoms with van der Waals surface area (Å²) in [5.41, 5.74) is 0. The first-order chi connectivity index (χ1) is 6.58. The summed E-state index contributed by atoms with van der Waals surface area (Å²) >= 11 is 0. The quantitative estimate of drug-likeness (QED) is 0.488. The van der Waals surface area contributed by atoms with Crippen LogP contribution in [-0.4, -0.2) is 35.5 Å². The summed E-state index contributed by atoms with van der Waals surface area (Å²) in [4.78, 5) is 31.9. The second-order valence-electron chi connectivity index (χ2n) is 3.19. The number of nitrogens with one attached hydrogen (secondary N) is 2. The van der Waals surface area contributed by atoms with E-state index < -0.39 is 18.3 Å². The smallest absolute Gasteiger partial charge is 0.312 e. The predicted molar refractivity (Wildman–Crippen MR) is 46.4 cm³/mol. The number of amides is 2. The first kappa shape index (κ1) is 10.5. The van der Waals surface area contributed by atoms with Crippen LogP contribution in [0.5, 0.6) is 0 Å². The molecule has 0 aliphatic heterocycles. The zero-order valence-electron chi connectivity index (χ0n) is 7.58. The van der Waals surface area contributed by atoms with Gasteiger partial charge < -0.3 is 15.7 Å². The van der Waals surface area contributed by atoms with Crippen LogP contribution in [0, 0.1) is 0 Å². The van der Waals surface area contributed by atoms with E-state index >= 15 is 0 Å². The highest BCUT2D eigenvalue weighted by Gasteiger charge is 2.23. The molecule has 3 N–H and O–H groups in total. The molecule has 6 nitrogen and oxygen atoms in total. The molecule has 0 bridgehead atoms. The maximum Gasteiger partial charge on any atom is 0.312 e. The number of carboxylic acids is 1. The first-order valence-corrected chi connectivity index (χ1v) is 4.36. The normalized spacial score (nSPS) is 14.6. The number of hydrogen-bond donors (Lipinski definition) is 3. The third-order valence-electron chi connectivity index (χ3n) is 1.70. The van der Waals surface area contributed by atoms with Crippen LogP contribution in [0.25, 0.3) is 0 Å². The molecule has 0 radical (unpaired) electrons. The van der Waals surface area contributed by atoms with Crippen molar-refractivity contribution in [3.05, 3.63) is 0 Å². The van der Waals surface area contributed by atoms with Gasteiger partial charge in [0.15, 0.2) is 0 Å². The molecule has 0 saturated heterocycles. The molecule has 0 unspecified atom stereocenters. The van der Waals surface area contributed by atoms with Crippen molar-refractivity contribution < 1.29 is 19.5 Å². The Kier molecular flexibility index (Phi) is 3.44. The molecule has 78 valence electrons. The van der Waals surface area contributed by atoms with Crippen LogP contribution in [0.15, 0.2) is 0 Å². The van der Waals surface area contributed by atoms with Crippen molar-refractivity contribution >= 4 is 17.8 Å². The van der Waals surface area contributed by atoms with E-state index in [0.717, 1.165) is 12.8 Å². The summed E-state index contributed by atoms with van der Waals surface area (Å²) in [5.74, 6) is -2.13. The van der Waals surface area contributed by atoms with Gasteiger partial charge >= 0.3 is 5.97 Å². The van der Waals surface area contributed by atoms with Crippen molar-refractivity contribution in [3.63, 3.8) is 0 Å². The Hall–Kier alpha value is -1.59. The third-order valence-corrected chi connectivity index (χ3v) is 1.70. The summed E-state index contributed by atoms with van der Waals surface area (Å²) in [6.07, 6.45) is 1.36. The summed E-state index contributed by atoms with van der Waals surface area (Å²) in [6, 6.07) is 0.249. The largest absolute Gasteiger partial charge is 0.481 e. The molecule has 0 aromatic carbocycles. The van der Waals surface area contributed by atoms with Gasteiger partial charge in [-0.25, -0.2) is 0 Å². The van der Waals surface area contributed by atoms with Gasteiger partial charge in [0.1, 0.15) is 6.42 Å². The number of carbonyl (C=O) groups is 3. The van der Waals surface area contributed by atoms with Gasteiger partial charge in [-0.1, -0.05) is 0 Å². The van der Waals surface area contributed by atoms with Gasteiger partial charge in [-0.05, 0) is 12.8 Å². The van der Waals surface area contributed by atoms with E-state index in [2.05, 4.69) is 10.6 Å². The molecule has 6 heteroatoms. The van der Waals surface area contributed by atoms with Gasteiger partial charge in [0.05, 0.1) is 6.54 Å². The molecule has 1 aliphatic rings. The Labute approximate surface area is 80.7 Å². The second kappa shape index (κ2) is 4.59. The Morgan fingerprint density at radius 1 is 1.21 bits per heavy atom. The lowest BCUT2D eigenvalue weighted by Crippen LogP contribution is -2.38. The van der Waals surface area contributed by atoms with Crippen LogP contribution in [0.2, 0.25) is 0 Å². The molecule has 0 aromatic rings. The van der Waals surface area contributed by atoms with E-state index in [1.54, 1.807) is 0 Å². The van der Waals surface area contributed by atoms with Crippen LogP contribution in [-0.2, 0) is 14.4 Å². The van der Waals surface area contributed by atoms with Gasteiger partial charge in [-0.15, -0.1) is 0 Å². The zero-order chi connectivity index (χ0) is 10.6. The molecular weight excluding hydrogens is 188 g/mol. The molecule has 1 fully saturated rings. The average Bonchev–Trinajstić information content (AvgIpc) is 2.83. The number of aliphatic carboxylic acids is 1. The number of hydrogen-bond acceptors (Lipinski definition) is 3. The number of carbonyl (C=O) groups excluding carboxylic acids is 2. The van der Waals surface area contributed by atoms with Crippen LogP contribution >= 0.6 is 0 Å². The maximum atomic E-state index is 11.0. The zero-order valence-corrected chi connectivity index (χ0v) is 7.58. The van der Waals surface area contributed by atoms with Crippen molar-refractivity contribution in [3.8, 4) is 0 Å². The molecular formula is C8H12N2O4. The van der Waals surface area contributed by atoms with Crippen molar-refractivity contribution in [1.82, 2.24) is 10.6 Å². The number of rotatable bonds is 5. The Morgan fingerprint density at radius 2 is 1.86 bits per heavy atom. The van der Waals surface area contributed by atoms with Crippen LogP contribution in [0.3, 0.4) is 0 Å². The maximum absolute atomic E-state index is 11.0. The Morgan fingerprint density at radius 3 is 2.36 bits per heavy atom. The molecule has 0 atom stereocenters. The molecule has 0 spiro atoms. The Balaban J connectivity index is 2.08. The van der Waals surface area contributed by atoms with Crippen molar-refractivity contribution in [1.29, 1.82) is 0 Å². The molecule has 1 aliphatic carbocycles. The van der Waals surface area contributed by atoms with E-state index in [9.17, 15) is 14.4 Å². The van der Waals surface area contributed by atoms with Crippen molar-refractivity contribution in [2.24, 2.45) is 0 Å². The minimum Gasteiger partial charge on any atom is -0.481 e. The van der Waals surface area contributed by atoms with E-state index in [-0.39, 0.29) is 18.5 Å². The fourth-order valence-corrected chi connectivity index (χ4v) is 0.885. The summed E-state index contributed by atoms with van der Waals surface area (Å²) in [7, 11) is 0. The average molecular weight is 200 g/mol. The topological polar surface area (TPSA) is 95.5 Å². The van der Waals surface area contributed by atoms with Gasteiger partial charge in [-0.2, -0.15) is 0 Å². The van der Waals surface area contributed by atoms with Crippen molar-refractivity contribution in [2.75, 3.05) is 6.54 Å². The lowest BCUT2D eigenvalue weighted by molar-refractivity contribution is -0.141. The van der Waals surface area contributed by atoms with Crippen LogP contribution < -0.4 is 10.6 Å². The molecule has 2 amide bonds. The lowest BCUT2D eigenvalue weighted by atomic mass is 10.4. The highest BCUT2D eigenvalue weighted by molar-refractivity contribution is 5.95. The van der Waals surface area contributed by atoms with Crippen molar-refractivity contribution in [2.45, 2.75) is 25.3 Å². The third kappa shape index (κ3) is 4.44. The highest BCUT2D eigenvalue weighted by atomic mass is 16.4. The van der Waals surface area contributed by atoms with Crippen LogP contribution in [0.4, 0.5) is 0 Å². The SMILES string of the molecule is O=C(O)CC(=O)NCC(=O)NC1CC1. The molecule has 14 heavy (non-hydrogen) atoms. The summed E-state index contributed by atoms with van der Waals surface area (Å²) < 4.78 is 0. The Bertz CT molecular complexity index is 260. The summed E-state index contributed by atoms with van der Waals surface area (Å²) in [5, 5.41) is 13.1. The lowest BCUT2D eigenvalue weighted by Gasteiger charge is -2.03. The highest BCUT2D eigenvalue weighted by Crippen LogP contribution is 2.18. The van der Waals surface area contributed by atoms with E-state index in [4.69, 9.17) is 5.11 Å². The van der Waals surface area contributed by atoms with Gasteiger partial charge in [0.25, 0.3) is 0 Å². The number of carboxylic acid groups (broad SMARTS) is 1. The van der Waals surface area contributed by atoms with E-state index in [0.29, 0.717) is 0 Å². The van der Waals surface area contributed by atoms with E-state index in [1.807, 2.05) is 0 Å². The fourth-order valence-electron chi connectivity index (χ4n) is 0.885. The predicted octanol–water partition coefficient (Wildman–Crippen LogP) is -1.14. The molecule has 0 heterocycles. The minimum absolute atomic E-state index is 0.150. The standard InChI is InChI=1S/C8H12N2O4/c11-6(3-8(13)14)9-4-7(12)10-5-1-2-5/h5H,1-4H2,(H,9,11)(H,10,12)(H,13,14). The van der Waals surface area contributed by atoms with Crippen LogP contribution in [0.1, 0.15) is 19.3 Å². The minimum atomic E-state index is -1.20.